The van der Waals surface area contributed by atoms with E-state index in [2.05, 4.69) is 25.5 Å². The van der Waals surface area contributed by atoms with Crippen LogP contribution in [0.1, 0.15) is 28.4 Å². The normalized spacial score (nSPS) is 18.5. The molecule has 8 nitrogen and oxygen atoms in total. The largest absolute Gasteiger partial charge is 0.382 e. The Kier molecular flexibility index (Phi) is 4.00. The maximum atomic E-state index is 13.8. The molecule has 1 fully saturated rings. The summed E-state index contributed by atoms with van der Waals surface area (Å²) in [6.07, 6.45) is 3.54. The number of carbonyl (C=O) groups excluding carboxylic acids is 1. The van der Waals surface area contributed by atoms with Crippen molar-refractivity contribution in [1.29, 1.82) is 0 Å². The van der Waals surface area contributed by atoms with Crippen LogP contribution in [0.4, 0.5) is 10.2 Å². The van der Waals surface area contributed by atoms with Crippen molar-refractivity contribution in [2.75, 3.05) is 5.73 Å². The number of amides is 1. The molecule has 3 N–H and O–H groups in total. The van der Waals surface area contributed by atoms with Crippen molar-refractivity contribution in [3.8, 4) is 5.82 Å². The van der Waals surface area contributed by atoms with Gasteiger partial charge in [0.05, 0.1) is 12.4 Å². The van der Waals surface area contributed by atoms with E-state index in [-0.39, 0.29) is 40.3 Å². The molecular weight excluding hydrogens is 361 g/mol. The number of benzene rings is 1. The molecule has 0 radical (unpaired) electrons. The predicted octanol–water partition coefficient (Wildman–Crippen LogP) is 1.72. The third-order valence-corrected chi connectivity index (χ3v) is 4.35. The number of nitrogens with one attached hydrogen (secondary N) is 1. The monoisotopic (exact) mass is 373 g/mol. The highest BCUT2D eigenvalue weighted by Crippen LogP contribution is 2.42. The Hall–Kier alpha value is -3.07. The Morgan fingerprint density at radius 1 is 1.27 bits per heavy atom. The van der Waals surface area contributed by atoms with Gasteiger partial charge in [-0.1, -0.05) is 29.8 Å². The predicted molar refractivity (Wildman–Crippen MR) is 91.4 cm³/mol. The average Bonchev–Trinajstić information content (AvgIpc) is 3.15. The summed E-state index contributed by atoms with van der Waals surface area (Å²) in [6.45, 7) is 0. The van der Waals surface area contributed by atoms with E-state index in [0.29, 0.717) is 12.0 Å². The van der Waals surface area contributed by atoms with Crippen molar-refractivity contribution >= 4 is 23.3 Å². The number of carbonyl (C=O) groups is 1. The standard InChI is InChI=1S/C16H13ClFN7O/c17-13-15(25-20-5-6-21-25)24-14(19)12(23-13)16(26)22-11-7-9(11)8-3-1-2-4-10(8)18/h1-6,9,11H,7H2,(H2,19,24)(H,22,26)/t9-,11-/m1/s1. The molecule has 132 valence electrons. The SMILES string of the molecule is Nc1nc(-n2nccn2)c(Cl)nc1C(=O)N[C@@H]1C[C@@H]1c1ccccc1F. The van der Waals surface area contributed by atoms with Crippen molar-refractivity contribution in [2.24, 2.45) is 0 Å². The Morgan fingerprint density at radius 2 is 2.00 bits per heavy atom. The molecule has 1 aliphatic carbocycles. The fourth-order valence-corrected chi connectivity index (χ4v) is 2.95. The summed E-state index contributed by atoms with van der Waals surface area (Å²) < 4.78 is 13.8. The number of hydrogen-bond acceptors (Lipinski definition) is 6. The van der Waals surface area contributed by atoms with Crippen molar-refractivity contribution < 1.29 is 9.18 Å². The van der Waals surface area contributed by atoms with Crippen LogP contribution in [0.25, 0.3) is 5.82 Å². The van der Waals surface area contributed by atoms with Gasteiger partial charge in [-0.2, -0.15) is 10.2 Å². The summed E-state index contributed by atoms with van der Waals surface area (Å²) in [4.78, 5) is 21.7. The number of nitrogen functional groups attached to an aromatic ring is 1. The van der Waals surface area contributed by atoms with E-state index in [1.807, 2.05) is 0 Å². The minimum Gasteiger partial charge on any atom is -0.382 e. The number of nitrogens with zero attached hydrogens (tertiary/aromatic N) is 5. The van der Waals surface area contributed by atoms with Gasteiger partial charge in [-0.05, 0) is 18.1 Å². The molecule has 1 aromatic carbocycles. The van der Waals surface area contributed by atoms with E-state index in [1.54, 1.807) is 18.2 Å². The lowest BCUT2D eigenvalue weighted by atomic mass is 10.1. The number of hydrogen-bond donors (Lipinski definition) is 2. The molecule has 4 rings (SSSR count). The molecule has 1 saturated carbocycles. The maximum absolute atomic E-state index is 13.8. The minimum atomic E-state index is -0.513. The van der Waals surface area contributed by atoms with Gasteiger partial charge in [-0.25, -0.2) is 14.4 Å². The molecule has 0 spiro atoms. The first-order valence-corrected chi connectivity index (χ1v) is 8.17. The summed E-state index contributed by atoms with van der Waals surface area (Å²) in [6, 6.07) is 6.32. The second kappa shape index (κ2) is 6.34. The van der Waals surface area contributed by atoms with Gasteiger partial charge in [0, 0.05) is 12.0 Å². The van der Waals surface area contributed by atoms with Gasteiger partial charge >= 0.3 is 0 Å². The average molecular weight is 374 g/mol. The van der Waals surface area contributed by atoms with Gasteiger partial charge in [0.1, 0.15) is 5.82 Å². The van der Waals surface area contributed by atoms with Crippen LogP contribution < -0.4 is 11.1 Å². The lowest BCUT2D eigenvalue weighted by molar-refractivity contribution is 0.0946. The molecule has 26 heavy (non-hydrogen) atoms. The molecular formula is C16H13ClFN7O. The maximum Gasteiger partial charge on any atom is 0.274 e. The molecule has 3 aromatic rings. The number of aromatic nitrogens is 5. The fourth-order valence-electron chi connectivity index (χ4n) is 2.75. The number of rotatable bonds is 4. The quantitative estimate of drug-likeness (QED) is 0.720. The van der Waals surface area contributed by atoms with Crippen LogP contribution in [0.15, 0.2) is 36.7 Å². The van der Waals surface area contributed by atoms with Crippen LogP contribution in [0.3, 0.4) is 0 Å². The summed E-state index contributed by atoms with van der Waals surface area (Å²) in [5.74, 6) is -0.839. The van der Waals surface area contributed by atoms with Gasteiger partial charge in [0.15, 0.2) is 16.7 Å². The molecule has 0 saturated heterocycles. The molecule has 1 amide bonds. The first-order valence-electron chi connectivity index (χ1n) is 7.79. The zero-order chi connectivity index (χ0) is 18.3. The number of nitrogens with two attached hydrogens (primary N) is 1. The van der Waals surface area contributed by atoms with Gasteiger partial charge in [-0.15, -0.1) is 4.80 Å². The molecule has 1 aliphatic rings. The van der Waals surface area contributed by atoms with Crippen LogP contribution >= 0.6 is 11.6 Å². The lowest BCUT2D eigenvalue weighted by Crippen LogP contribution is -2.29. The van der Waals surface area contributed by atoms with Crippen LogP contribution in [-0.4, -0.2) is 36.9 Å². The fraction of sp³-hybridized carbons (Fsp3) is 0.188. The Bertz CT molecular complexity index is 979. The van der Waals surface area contributed by atoms with Gasteiger partial charge < -0.3 is 11.1 Å². The van der Waals surface area contributed by atoms with Gasteiger partial charge in [-0.3, -0.25) is 4.79 Å². The Morgan fingerprint density at radius 3 is 2.73 bits per heavy atom. The zero-order valence-electron chi connectivity index (χ0n) is 13.3. The molecule has 2 atom stereocenters. The van der Waals surface area contributed by atoms with Gasteiger partial charge in [0.2, 0.25) is 5.82 Å². The Balaban J connectivity index is 1.51. The van der Waals surface area contributed by atoms with Crippen molar-refractivity contribution in [3.05, 3.63) is 58.9 Å². The molecule has 2 heterocycles. The molecule has 0 bridgehead atoms. The summed E-state index contributed by atoms with van der Waals surface area (Å²) in [5.41, 5.74) is 6.33. The second-order valence-electron chi connectivity index (χ2n) is 5.83. The highest BCUT2D eigenvalue weighted by atomic mass is 35.5. The van der Waals surface area contributed by atoms with Gasteiger partial charge in [0.25, 0.3) is 5.91 Å². The van der Waals surface area contributed by atoms with E-state index in [9.17, 15) is 9.18 Å². The van der Waals surface area contributed by atoms with E-state index in [4.69, 9.17) is 17.3 Å². The van der Waals surface area contributed by atoms with Crippen LogP contribution in [0.5, 0.6) is 0 Å². The summed E-state index contributed by atoms with van der Waals surface area (Å²) in [5, 5.41) is 10.5. The number of anilines is 1. The first-order chi connectivity index (χ1) is 12.5. The van der Waals surface area contributed by atoms with E-state index in [1.165, 1.54) is 18.5 Å². The highest BCUT2D eigenvalue weighted by molar-refractivity contribution is 6.31. The van der Waals surface area contributed by atoms with E-state index in [0.717, 1.165) is 4.80 Å². The molecule has 2 aromatic heterocycles. The highest BCUT2D eigenvalue weighted by Gasteiger charge is 2.41. The van der Waals surface area contributed by atoms with E-state index >= 15 is 0 Å². The zero-order valence-corrected chi connectivity index (χ0v) is 14.1. The Labute approximate surface area is 152 Å². The summed E-state index contributed by atoms with van der Waals surface area (Å²) >= 11 is 6.07. The first kappa shape index (κ1) is 16.4. The molecule has 0 unspecified atom stereocenters. The smallest absolute Gasteiger partial charge is 0.274 e. The van der Waals surface area contributed by atoms with Crippen LogP contribution in [-0.2, 0) is 0 Å². The minimum absolute atomic E-state index is 0.0537. The molecule has 0 aliphatic heterocycles. The summed E-state index contributed by atoms with van der Waals surface area (Å²) in [7, 11) is 0. The van der Waals surface area contributed by atoms with Crippen molar-refractivity contribution in [1.82, 2.24) is 30.3 Å². The molecule has 10 heteroatoms. The third kappa shape index (κ3) is 2.97. The van der Waals surface area contributed by atoms with E-state index < -0.39 is 5.91 Å². The van der Waals surface area contributed by atoms with Crippen molar-refractivity contribution in [2.45, 2.75) is 18.4 Å². The topological polar surface area (TPSA) is 112 Å². The number of halogens is 2. The third-order valence-electron chi connectivity index (χ3n) is 4.10. The van der Waals surface area contributed by atoms with Crippen LogP contribution in [0.2, 0.25) is 5.15 Å². The second-order valence-corrected chi connectivity index (χ2v) is 6.19. The lowest BCUT2D eigenvalue weighted by Gasteiger charge is -2.09. The van der Waals surface area contributed by atoms with Crippen molar-refractivity contribution in [3.63, 3.8) is 0 Å². The van der Waals surface area contributed by atoms with Crippen LogP contribution in [0, 0.1) is 5.82 Å².